The Morgan fingerprint density at radius 3 is 2.67 bits per heavy atom. The van der Waals surface area contributed by atoms with E-state index >= 15 is 0 Å². The van der Waals surface area contributed by atoms with Crippen LogP contribution in [0.25, 0.3) is 0 Å². The molecule has 1 fully saturated rings. The van der Waals surface area contributed by atoms with E-state index in [-0.39, 0.29) is 11.6 Å². The first-order valence-electron chi connectivity index (χ1n) is 6.59. The van der Waals surface area contributed by atoms with Crippen LogP contribution in [-0.2, 0) is 10.3 Å². The Hall–Kier alpha value is -0.900. The molecule has 3 atom stereocenters. The fourth-order valence-corrected chi connectivity index (χ4v) is 2.34. The zero-order valence-corrected chi connectivity index (χ0v) is 11.4. The molecule has 0 spiro atoms. The van der Waals surface area contributed by atoms with Gasteiger partial charge in [-0.2, -0.15) is 0 Å². The lowest BCUT2D eigenvalue weighted by Gasteiger charge is -2.34. The third-order valence-corrected chi connectivity index (χ3v) is 4.12. The standard InChI is InChI=1S/C15H23NO2/c1-12-14(2,9-10-18-12)16-11-15(3,17)13-7-5-4-6-8-13/h4-8,12,16-17H,9-11H2,1-3H3. The fraction of sp³-hybridized carbons (Fsp3) is 0.600. The molecule has 18 heavy (non-hydrogen) atoms. The lowest BCUT2D eigenvalue weighted by Crippen LogP contribution is -2.52. The van der Waals surface area contributed by atoms with Crippen LogP contribution in [-0.4, -0.2) is 29.9 Å². The summed E-state index contributed by atoms with van der Waals surface area (Å²) in [6.07, 6.45) is 1.17. The van der Waals surface area contributed by atoms with Gasteiger partial charge in [0.2, 0.25) is 0 Å². The summed E-state index contributed by atoms with van der Waals surface area (Å²) in [4.78, 5) is 0. The van der Waals surface area contributed by atoms with Crippen LogP contribution in [0, 0.1) is 0 Å². The highest BCUT2D eigenvalue weighted by Crippen LogP contribution is 2.27. The van der Waals surface area contributed by atoms with E-state index in [1.165, 1.54) is 0 Å². The van der Waals surface area contributed by atoms with Crippen LogP contribution in [0.2, 0.25) is 0 Å². The molecule has 3 heteroatoms. The van der Waals surface area contributed by atoms with Crippen molar-refractivity contribution in [2.24, 2.45) is 0 Å². The van der Waals surface area contributed by atoms with Crippen molar-refractivity contribution in [1.82, 2.24) is 5.32 Å². The fourth-order valence-electron chi connectivity index (χ4n) is 2.34. The SMILES string of the molecule is CC1OCCC1(C)NCC(C)(O)c1ccccc1. The number of rotatable bonds is 4. The molecule has 0 bridgehead atoms. The first-order valence-corrected chi connectivity index (χ1v) is 6.59. The van der Waals surface area contributed by atoms with E-state index < -0.39 is 5.60 Å². The van der Waals surface area contributed by atoms with Gasteiger partial charge >= 0.3 is 0 Å². The Morgan fingerprint density at radius 1 is 1.44 bits per heavy atom. The van der Waals surface area contributed by atoms with Gasteiger partial charge < -0.3 is 15.2 Å². The number of benzene rings is 1. The molecule has 0 aromatic heterocycles. The first kappa shape index (κ1) is 13.5. The summed E-state index contributed by atoms with van der Waals surface area (Å²) < 4.78 is 5.60. The monoisotopic (exact) mass is 249 g/mol. The maximum absolute atomic E-state index is 10.5. The average Bonchev–Trinajstić information content (AvgIpc) is 2.69. The zero-order chi connectivity index (χ0) is 13.2. The third kappa shape index (κ3) is 2.74. The molecule has 0 amide bonds. The number of nitrogens with one attached hydrogen (secondary N) is 1. The maximum Gasteiger partial charge on any atom is 0.0992 e. The van der Waals surface area contributed by atoms with Crippen LogP contribution in [0.4, 0.5) is 0 Å². The summed E-state index contributed by atoms with van der Waals surface area (Å²) in [7, 11) is 0. The lowest BCUT2D eigenvalue weighted by atomic mass is 9.91. The topological polar surface area (TPSA) is 41.5 Å². The van der Waals surface area contributed by atoms with Crippen molar-refractivity contribution >= 4 is 0 Å². The molecule has 0 radical (unpaired) electrons. The van der Waals surface area contributed by atoms with E-state index in [9.17, 15) is 5.11 Å². The van der Waals surface area contributed by atoms with Gasteiger partial charge in [0.1, 0.15) is 0 Å². The molecule has 3 unspecified atom stereocenters. The predicted octanol–water partition coefficient (Wildman–Crippen LogP) is 2.05. The minimum absolute atomic E-state index is 0.0429. The van der Waals surface area contributed by atoms with Crippen molar-refractivity contribution in [3.8, 4) is 0 Å². The Kier molecular flexibility index (Phi) is 3.76. The second-order valence-electron chi connectivity index (χ2n) is 5.67. The second kappa shape index (κ2) is 5.00. The van der Waals surface area contributed by atoms with E-state index in [4.69, 9.17) is 4.74 Å². The number of β-amino-alcohol motifs (C(OH)–C–C–N with tert-alkyl or cyclic N) is 1. The molecule has 1 saturated heterocycles. The molecule has 2 rings (SSSR count). The molecule has 0 aliphatic carbocycles. The minimum atomic E-state index is -0.855. The van der Waals surface area contributed by atoms with Gasteiger partial charge in [0.25, 0.3) is 0 Å². The summed E-state index contributed by atoms with van der Waals surface area (Å²) in [5, 5.41) is 14.0. The van der Waals surface area contributed by atoms with Crippen molar-refractivity contribution in [3.05, 3.63) is 35.9 Å². The lowest BCUT2D eigenvalue weighted by molar-refractivity contribution is 0.0352. The molecule has 1 aromatic carbocycles. The number of ether oxygens (including phenoxy) is 1. The summed E-state index contributed by atoms with van der Waals surface area (Å²) in [5.74, 6) is 0. The van der Waals surface area contributed by atoms with E-state index in [1.807, 2.05) is 37.3 Å². The minimum Gasteiger partial charge on any atom is -0.384 e. The zero-order valence-electron chi connectivity index (χ0n) is 11.4. The molecule has 100 valence electrons. The Balaban J connectivity index is 2.01. The van der Waals surface area contributed by atoms with Crippen molar-refractivity contribution in [2.75, 3.05) is 13.2 Å². The van der Waals surface area contributed by atoms with Crippen LogP contribution >= 0.6 is 0 Å². The Morgan fingerprint density at radius 2 is 2.11 bits per heavy atom. The maximum atomic E-state index is 10.5. The molecule has 0 saturated carbocycles. The summed E-state index contributed by atoms with van der Waals surface area (Å²) >= 11 is 0. The van der Waals surface area contributed by atoms with Crippen LogP contribution in [0.15, 0.2) is 30.3 Å². The first-order chi connectivity index (χ1) is 8.44. The van der Waals surface area contributed by atoms with Gasteiger partial charge in [-0.05, 0) is 32.8 Å². The summed E-state index contributed by atoms with van der Waals surface area (Å²) in [6, 6.07) is 9.78. The van der Waals surface area contributed by atoms with Crippen molar-refractivity contribution < 1.29 is 9.84 Å². The second-order valence-corrected chi connectivity index (χ2v) is 5.67. The average molecular weight is 249 g/mol. The predicted molar refractivity (Wildman–Crippen MR) is 72.5 cm³/mol. The molecule has 1 aliphatic rings. The normalized spacial score (nSPS) is 31.2. The van der Waals surface area contributed by atoms with E-state index in [0.717, 1.165) is 18.6 Å². The molecule has 2 N–H and O–H groups in total. The number of hydrogen-bond donors (Lipinski definition) is 2. The number of aliphatic hydroxyl groups is 1. The van der Waals surface area contributed by atoms with Gasteiger partial charge in [0, 0.05) is 18.7 Å². The van der Waals surface area contributed by atoms with Crippen LogP contribution in [0.5, 0.6) is 0 Å². The Labute approximate surface area is 109 Å². The molecule has 1 heterocycles. The molecule has 3 nitrogen and oxygen atoms in total. The van der Waals surface area contributed by atoms with E-state index in [0.29, 0.717) is 6.54 Å². The van der Waals surface area contributed by atoms with Crippen LogP contribution in [0.3, 0.4) is 0 Å². The quantitative estimate of drug-likeness (QED) is 0.858. The largest absolute Gasteiger partial charge is 0.384 e. The highest BCUT2D eigenvalue weighted by atomic mass is 16.5. The van der Waals surface area contributed by atoms with Gasteiger partial charge in [-0.15, -0.1) is 0 Å². The van der Waals surface area contributed by atoms with Crippen LogP contribution < -0.4 is 5.32 Å². The van der Waals surface area contributed by atoms with Crippen molar-refractivity contribution in [2.45, 2.75) is 44.4 Å². The van der Waals surface area contributed by atoms with Crippen molar-refractivity contribution in [1.29, 1.82) is 0 Å². The third-order valence-electron chi connectivity index (χ3n) is 4.12. The summed E-state index contributed by atoms with van der Waals surface area (Å²) in [6.45, 7) is 7.40. The van der Waals surface area contributed by atoms with Gasteiger partial charge in [-0.3, -0.25) is 0 Å². The smallest absolute Gasteiger partial charge is 0.0992 e. The van der Waals surface area contributed by atoms with Crippen molar-refractivity contribution in [3.63, 3.8) is 0 Å². The highest BCUT2D eigenvalue weighted by Gasteiger charge is 2.38. The van der Waals surface area contributed by atoms with Gasteiger partial charge in [0.15, 0.2) is 0 Å². The molecular formula is C15H23NO2. The summed E-state index contributed by atoms with van der Waals surface area (Å²) in [5.41, 5.74) is 0.0402. The number of hydrogen-bond acceptors (Lipinski definition) is 3. The van der Waals surface area contributed by atoms with Gasteiger partial charge in [-0.25, -0.2) is 0 Å². The molecule has 1 aromatic rings. The van der Waals surface area contributed by atoms with Crippen LogP contribution in [0.1, 0.15) is 32.8 Å². The Bertz CT molecular complexity index is 391. The molecular weight excluding hydrogens is 226 g/mol. The van der Waals surface area contributed by atoms with E-state index in [1.54, 1.807) is 0 Å². The van der Waals surface area contributed by atoms with Gasteiger partial charge in [0.05, 0.1) is 11.7 Å². The van der Waals surface area contributed by atoms with Gasteiger partial charge in [-0.1, -0.05) is 30.3 Å². The van der Waals surface area contributed by atoms with E-state index in [2.05, 4.69) is 19.2 Å². The highest BCUT2D eigenvalue weighted by molar-refractivity contribution is 5.22. The molecule has 1 aliphatic heterocycles.